The predicted molar refractivity (Wildman–Crippen MR) is 89.5 cm³/mol. The van der Waals surface area contributed by atoms with Crippen molar-refractivity contribution >= 4 is 16.9 Å². The average molecular weight is 333 g/mol. The van der Waals surface area contributed by atoms with Crippen molar-refractivity contribution in [1.29, 1.82) is 5.26 Å². The molecule has 1 fully saturated rings. The van der Waals surface area contributed by atoms with Gasteiger partial charge in [-0.3, -0.25) is 5.10 Å². The van der Waals surface area contributed by atoms with Gasteiger partial charge in [0, 0.05) is 23.5 Å². The Kier molecular flexibility index (Phi) is 3.08. The Morgan fingerprint density at radius 3 is 3.04 bits per heavy atom. The molecule has 2 aliphatic rings. The van der Waals surface area contributed by atoms with Crippen LogP contribution in [-0.2, 0) is 0 Å². The van der Waals surface area contributed by atoms with E-state index in [-0.39, 0.29) is 12.0 Å². The van der Waals surface area contributed by atoms with Gasteiger partial charge in [-0.25, -0.2) is 4.63 Å². The molecular formula is C17H15N7O. The molecule has 0 bridgehead atoms. The Bertz CT molecular complexity index is 1020. The molecule has 25 heavy (non-hydrogen) atoms. The van der Waals surface area contributed by atoms with Gasteiger partial charge in [-0.1, -0.05) is 12.1 Å². The second-order valence-electron chi connectivity index (χ2n) is 6.31. The van der Waals surface area contributed by atoms with E-state index < -0.39 is 0 Å². The molecule has 3 aromatic rings. The summed E-state index contributed by atoms with van der Waals surface area (Å²) >= 11 is 0. The summed E-state index contributed by atoms with van der Waals surface area (Å²) in [6, 6.07) is 8.29. The average Bonchev–Trinajstić information content (AvgIpc) is 3.40. The molecule has 1 aromatic carbocycles. The van der Waals surface area contributed by atoms with Crippen LogP contribution in [-0.4, -0.2) is 33.1 Å². The highest BCUT2D eigenvalue weighted by atomic mass is 16.6. The van der Waals surface area contributed by atoms with Gasteiger partial charge in [-0.15, -0.1) is 0 Å². The molecule has 2 unspecified atom stereocenters. The molecular weight excluding hydrogens is 318 g/mol. The van der Waals surface area contributed by atoms with E-state index in [0.717, 1.165) is 42.0 Å². The Balaban J connectivity index is 1.75. The van der Waals surface area contributed by atoms with Crippen LogP contribution in [0, 0.1) is 11.3 Å². The van der Waals surface area contributed by atoms with Crippen LogP contribution in [0.5, 0.6) is 0 Å². The van der Waals surface area contributed by atoms with E-state index in [1.54, 1.807) is 0 Å². The summed E-state index contributed by atoms with van der Waals surface area (Å²) in [6.07, 6.45) is 3.92. The van der Waals surface area contributed by atoms with Crippen molar-refractivity contribution in [3.05, 3.63) is 46.8 Å². The number of aromatic amines is 1. The number of aromatic nitrogens is 4. The maximum absolute atomic E-state index is 9.97. The lowest BCUT2D eigenvalue weighted by Crippen LogP contribution is -2.32. The van der Waals surface area contributed by atoms with Gasteiger partial charge < -0.3 is 10.6 Å². The zero-order valence-corrected chi connectivity index (χ0v) is 13.3. The van der Waals surface area contributed by atoms with E-state index in [2.05, 4.69) is 37.2 Å². The maximum Gasteiger partial charge on any atom is 0.156 e. The predicted octanol–water partition coefficient (Wildman–Crippen LogP) is 2.03. The number of hydrogen-bond donors (Lipinski definition) is 3. The van der Waals surface area contributed by atoms with Gasteiger partial charge in [0.15, 0.2) is 5.82 Å². The third kappa shape index (κ3) is 2.06. The van der Waals surface area contributed by atoms with Crippen LogP contribution in [0.2, 0.25) is 0 Å². The van der Waals surface area contributed by atoms with Crippen LogP contribution in [0.25, 0.3) is 11.0 Å². The van der Waals surface area contributed by atoms with Crippen molar-refractivity contribution in [3.63, 3.8) is 0 Å². The SMILES string of the molecule is N#CC1=C(C2CCCN2)Nc2n[nH]cc2C1c1cccc2nonc12. The molecule has 8 heteroatoms. The summed E-state index contributed by atoms with van der Waals surface area (Å²) < 4.78 is 4.91. The molecule has 5 rings (SSSR count). The number of benzene rings is 1. The zero-order chi connectivity index (χ0) is 16.8. The quantitative estimate of drug-likeness (QED) is 0.657. The monoisotopic (exact) mass is 333 g/mol. The molecule has 0 saturated carbocycles. The molecule has 0 amide bonds. The second-order valence-corrected chi connectivity index (χ2v) is 6.31. The van der Waals surface area contributed by atoms with Gasteiger partial charge in [0.05, 0.1) is 17.6 Å². The molecule has 124 valence electrons. The molecule has 2 aromatic heterocycles. The van der Waals surface area contributed by atoms with E-state index in [1.807, 2.05) is 24.4 Å². The Labute approximate surface area is 142 Å². The highest BCUT2D eigenvalue weighted by Gasteiger charge is 2.36. The van der Waals surface area contributed by atoms with E-state index in [0.29, 0.717) is 16.6 Å². The normalized spacial score (nSPS) is 22.7. The highest BCUT2D eigenvalue weighted by molar-refractivity contribution is 5.81. The number of anilines is 1. The van der Waals surface area contributed by atoms with Crippen molar-refractivity contribution in [2.24, 2.45) is 0 Å². The molecule has 2 aliphatic heterocycles. The van der Waals surface area contributed by atoms with Crippen LogP contribution in [0.3, 0.4) is 0 Å². The van der Waals surface area contributed by atoms with Crippen molar-refractivity contribution in [2.45, 2.75) is 24.8 Å². The first-order chi connectivity index (χ1) is 12.4. The van der Waals surface area contributed by atoms with E-state index in [4.69, 9.17) is 4.63 Å². The molecule has 0 radical (unpaired) electrons. The minimum absolute atomic E-state index is 0.136. The fourth-order valence-corrected chi connectivity index (χ4v) is 3.84. The Morgan fingerprint density at radius 2 is 2.20 bits per heavy atom. The first-order valence-corrected chi connectivity index (χ1v) is 8.26. The Hall–Kier alpha value is -3.18. The van der Waals surface area contributed by atoms with E-state index in [9.17, 15) is 5.26 Å². The van der Waals surface area contributed by atoms with Gasteiger partial charge >= 0.3 is 0 Å². The minimum Gasteiger partial charge on any atom is -0.340 e. The first-order valence-electron chi connectivity index (χ1n) is 8.26. The zero-order valence-electron chi connectivity index (χ0n) is 13.3. The van der Waals surface area contributed by atoms with Crippen molar-refractivity contribution in [3.8, 4) is 6.07 Å². The number of nitrogens with one attached hydrogen (secondary N) is 3. The number of H-pyrrole nitrogens is 1. The summed E-state index contributed by atoms with van der Waals surface area (Å²) in [5.74, 6) is 0.495. The molecule has 3 N–H and O–H groups in total. The van der Waals surface area contributed by atoms with Crippen molar-refractivity contribution in [2.75, 3.05) is 11.9 Å². The van der Waals surface area contributed by atoms with Crippen LogP contribution in [0.4, 0.5) is 5.82 Å². The van der Waals surface area contributed by atoms with Gasteiger partial charge in [-0.2, -0.15) is 10.4 Å². The number of allylic oxidation sites excluding steroid dienone is 1. The number of rotatable bonds is 2. The van der Waals surface area contributed by atoms with Crippen LogP contribution >= 0.6 is 0 Å². The second kappa shape index (κ2) is 5.43. The standard InChI is InChI=1S/C17H15N7O/c18-7-10-14(9-3-1-4-13-16(9)24-25-23-13)11-8-20-22-17(11)21-15(10)12-5-2-6-19-12/h1,3-4,8,12,14,19H,2,5-6H2,(H2,20,21,22). The van der Waals surface area contributed by atoms with Gasteiger partial charge in [0.2, 0.25) is 0 Å². The lowest BCUT2D eigenvalue weighted by molar-refractivity contribution is 0.315. The molecule has 1 saturated heterocycles. The number of fused-ring (bicyclic) bond motifs is 2. The Morgan fingerprint density at radius 1 is 1.24 bits per heavy atom. The van der Waals surface area contributed by atoms with Gasteiger partial charge in [-0.05, 0) is 41.3 Å². The highest BCUT2D eigenvalue weighted by Crippen LogP contribution is 2.43. The minimum atomic E-state index is -0.256. The fraction of sp³-hybridized carbons (Fsp3) is 0.294. The largest absolute Gasteiger partial charge is 0.340 e. The van der Waals surface area contributed by atoms with Gasteiger partial charge in [0.25, 0.3) is 0 Å². The summed E-state index contributed by atoms with van der Waals surface area (Å²) in [5, 5.41) is 32.0. The lowest BCUT2D eigenvalue weighted by Gasteiger charge is -2.28. The summed E-state index contributed by atoms with van der Waals surface area (Å²) in [7, 11) is 0. The third-order valence-electron chi connectivity index (χ3n) is 4.97. The smallest absolute Gasteiger partial charge is 0.156 e. The summed E-state index contributed by atoms with van der Waals surface area (Å²) in [5.41, 5.74) is 4.76. The van der Waals surface area contributed by atoms with E-state index in [1.165, 1.54) is 0 Å². The topological polar surface area (TPSA) is 115 Å². The van der Waals surface area contributed by atoms with Crippen LogP contribution in [0.15, 0.2) is 40.3 Å². The van der Waals surface area contributed by atoms with Crippen molar-refractivity contribution < 1.29 is 4.63 Å². The molecule has 0 aliphatic carbocycles. The van der Waals surface area contributed by atoms with E-state index >= 15 is 0 Å². The molecule has 8 nitrogen and oxygen atoms in total. The summed E-state index contributed by atoms with van der Waals surface area (Å²) in [4.78, 5) is 0. The van der Waals surface area contributed by atoms with Crippen LogP contribution < -0.4 is 10.6 Å². The first kappa shape index (κ1) is 14.2. The number of nitrogens with zero attached hydrogens (tertiary/aromatic N) is 4. The molecule has 4 heterocycles. The van der Waals surface area contributed by atoms with Crippen molar-refractivity contribution in [1.82, 2.24) is 25.8 Å². The third-order valence-corrected chi connectivity index (χ3v) is 4.97. The van der Waals surface area contributed by atoms with Crippen LogP contribution in [0.1, 0.15) is 29.9 Å². The molecule has 2 atom stereocenters. The fourth-order valence-electron chi connectivity index (χ4n) is 3.84. The van der Waals surface area contributed by atoms with Gasteiger partial charge in [0.1, 0.15) is 11.0 Å². The lowest BCUT2D eigenvalue weighted by atomic mass is 9.81. The molecule has 0 spiro atoms. The summed E-state index contributed by atoms with van der Waals surface area (Å²) in [6.45, 7) is 0.954. The number of nitriles is 1. The maximum atomic E-state index is 9.97. The number of hydrogen-bond acceptors (Lipinski definition) is 7.